The van der Waals surface area contributed by atoms with E-state index in [9.17, 15) is 19.7 Å². The summed E-state index contributed by atoms with van der Waals surface area (Å²) in [5, 5.41) is 11.7. The summed E-state index contributed by atoms with van der Waals surface area (Å²) in [5.74, 6) is -1.09. The number of ether oxygens (including phenoxy) is 1. The summed E-state index contributed by atoms with van der Waals surface area (Å²) in [6.07, 6.45) is 2.96. The van der Waals surface area contributed by atoms with E-state index in [1.807, 2.05) is 24.3 Å². The number of Topliss-reactive ketones (excluding diaryl/α,β-unsaturated/α-hetero) is 1. The number of benzene rings is 2. The fourth-order valence-electron chi connectivity index (χ4n) is 2.71. The van der Waals surface area contributed by atoms with Gasteiger partial charge >= 0.3 is 5.97 Å². The SMILES string of the molecule is C[C@@H](OC(=O)/C=C/c1ccccc1[N+](=O)[O-])C(=O)c1c[nH]c2ccccc12. The number of carbonyl (C=O) groups excluding carboxylic acids is 2. The van der Waals surface area contributed by atoms with Gasteiger partial charge in [-0.25, -0.2) is 4.79 Å². The van der Waals surface area contributed by atoms with E-state index in [0.717, 1.165) is 17.0 Å². The first-order chi connectivity index (χ1) is 13.0. The standard InChI is InChI=1S/C20H16N2O5/c1-13(20(24)16-12-21-17-8-4-3-7-15(16)17)27-19(23)11-10-14-6-2-5-9-18(14)22(25)26/h2-13,21H,1H3/b11-10+/t13-/m1/s1. The van der Waals surface area contributed by atoms with Gasteiger partial charge in [0.25, 0.3) is 5.69 Å². The van der Waals surface area contributed by atoms with Crippen LogP contribution in [0.1, 0.15) is 22.8 Å². The number of esters is 1. The second-order valence-corrected chi connectivity index (χ2v) is 5.84. The molecule has 1 heterocycles. The second kappa shape index (κ2) is 7.65. The van der Waals surface area contributed by atoms with Crippen molar-refractivity contribution in [1.29, 1.82) is 0 Å². The number of nitrogens with one attached hydrogen (secondary N) is 1. The summed E-state index contributed by atoms with van der Waals surface area (Å²) in [7, 11) is 0. The Labute approximate surface area is 154 Å². The number of carbonyl (C=O) groups is 2. The van der Waals surface area contributed by atoms with Crippen LogP contribution in [0.4, 0.5) is 5.69 Å². The number of H-pyrrole nitrogens is 1. The van der Waals surface area contributed by atoms with Crippen LogP contribution in [-0.4, -0.2) is 27.8 Å². The lowest BCUT2D eigenvalue weighted by atomic mass is 10.1. The first kappa shape index (κ1) is 18.1. The lowest BCUT2D eigenvalue weighted by molar-refractivity contribution is -0.385. The molecule has 0 aliphatic heterocycles. The molecule has 7 nitrogen and oxygen atoms in total. The molecule has 3 rings (SSSR count). The maximum atomic E-state index is 12.6. The van der Waals surface area contributed by atoms with E-state index in [4.69, 9.17) is 4.74 Å². The first-order valence-electron chi connectivity index (χ1n) is 8.20. The van der Waals surface area contributed by atoms with Crippen LogP contribution in [0.3, 0.4) is 0 Å². The molecule has 0 saturated heterocycles. The number of nitrogens with zero attached hydrogens (tertiary/aromatic N) is 1. The van der Waals surface area contributed by atoms with Crippen LogP contribution < -0.4 is 0 Å². The number of aromatic nitrogens is 1. The minimum Gasteiger partial charge on any atom is -0.451 e. The Kier molecular flexibility index (Phi) is 5.12. The van der Waals surface area contributed by atoms with E-state index in [1.54, 1.807) is 12.3 Å². The van der Waals surface area contributed by atoms with E-state index in [2.05, 4.69) is 4.98 Å². The summed E-state index contributed by atoms with van der Waals surface area (Å²) in [5.41, 5.74) is 1.41. The number of rotatable bonds is 6. The van der Waals surface area contributed by atoms with Crippen molar-refractivity contribution >= 4 is 34.4 Å². The summed E-state index contributed by atoms with van der Waals surface area (Å²) in [6, 6.07) is 13.3. The summed E-state index contributed by atoms with van der Waals surface area (Å²) in [4.78, 5) is 38.0. The minimum atomic E-state index is -0.993. The lowest BCUT2D eigenvalue weighted by Gasteiger charge is -2.10. The topological polar surface area (TPSA) is 102 Å². The molecular formula is C20H16N2O5. The Morgan fingerprint density at radius 3 is 2.63 bits per heavy atom. The predicted octanol–water partition coefficient (Wildman–Crippen LogP) is 3.90. The number of para-hydroxylation sites is 2. The summed E-state index contributed by atoms with van der Waals surface area (Å²) in [6.45, 7) is 1.49. The number of ketones is 1. The third-order valence-electron chi connectivity index (χ3n) is 4.05. The Bertz CT molecular complexity index is 1050. The van der Waals surface area contributed by atoms with Gasteiger partial charge in [0.1, 0.15) is 0 Å². The Hall–Kier alpha value is -3.74. The Balaban J connectivity index is 1.71. The molecule has 0 spiro atoms. The number of fused-ring (bicyclic) bond motifs is 1. The van der Waals surface area contributed by atoms with E-state index >= 15 is 0 Å². The number of hydrogen-bond acceptors (Lipinski definition) is 5. The molecule has 0 fully saturated rings. The fraction of sp³-hybridized carbons (Fsp3) is 0.100. The van der Waals surface area contributed by atoms with Gasteiger partial charge in [0.15, 0.2) is 6.10 Å². The number of hydrogen-bond donors (Lipinski definition) is 1. The maximum Gasteiger partial charge on any atom is 0.331 e. The Morgan fingerprint density at radius 1 is 1.15 bits per heavy atom. The van der Waals surface area contributed by atoms with Crippen LogP contribution in [0.15, 0.2) is 60.8 Å². The van der Waals surface area contributed by atoms with Crippen molar-refractivity contribution < 1.29 is 19.2 Å². The zero-order valence-electron chi connectivity index (χ0n) is 14.4. The van der Waals surface area contributed by atoms with Crippen molar-refractivity contribution in [3.8, 4) is 0 Å². The molecule has 0 aliphatic rings. The summed E-state index contributed by atoms with van der Waals surface area (Å²) >= 11 is 0. The van der Waals surface area contributed by atoms with Crippen LogP contribution in [0.2, 0.25) is 0 Å². The highest BCUT2D eigenvalue weighted by atomic mass is 16.6. The maximum absolute atomic E-state index is 12.6. The average Bonchev–Trinajstić information content (AvgIpc) is 3.10. The normalized spacial score (nSPS) is 12.2. The molecule has 1 aromatic heterocycles. The quantitative estimate of drug-likeness (QED) is 0.235. The van der Waals surface area contributed by atoms with Crippen molar-refractivity contribution in [3.05, 3.63) is 82.0 Å². The predicted molar refractivity (Wildman–Crippen MR) is 100 cm³/mol. The van der Waals surface area contributed by atoms with Gasteiger partial charge in [-0.15, -0.1) is 0 Å². The van der Waals surface area contributed by atoms with Crippen LogP contribution in [0.5, 0.6) is 0 Å². The van der Waals surface area contributed by atoms with Crippen LogP contribution >= 0.6 is 0 Å². The lowest BCUT2D eigenvalue weighted by Crippen LogP contribution is -2.23. The smallest absolute Gasteiger partial charge is 0.331 e. The van der Waals surface area contributed by atoms with Crippen LogP contribution in [0, 0.1) is 10.1 Å². The largest absolute Gasteiger partial charge is 0.451 e. The molecule has 0 unspecified atom stereocenters. The third kappa shape index (κ3) is 3.92. The van der Waals surface area contributed by atoms with E-state index in [-0.39, 0.29) is 17.0 Å². The summed E-state index contributed by atoms with van der Waals surface area (Å²) < 4.78 is 5.15. The van der Waals surface area contributed by atoms with Gasteiger partial charge in [-0.1, -0.05) is 30.3 Å². The number of nitro benzene ring substituents is 1. The van der Waals surface area contributed by atoms with Crippen LogP contribution in [-0.2, 0) is 9.53 Å². The molecule has 7 heteroatoms. The highest BCUT2D eigenvalue weighted by Crippen LogP contribution is 2.21. The molecule has 1 atom stereocenters. The van der Waals surface area contributed by atoms with Crippen molar-refractivity contribution in [3.63, 3.8) is 0 Å². The molecule has 0 aliphatic carbocycles. The van der Waals surface area contributed by atoms with Gasteiger partial charge in [0, 0.05) is 34.8 Å². The molecule has 0 amide bonds. The highest BCUT2D eigenvalue weighted by molar-refractivity contribution is 6.10. The number of nitro groups is 1. The first-order valence-corrected chi connectivity index (χ1v) is 8.20. The fourth-order valence-corrected chi connectivity index (χ4v) is 2.71. The van der Waals surface area contributed by atoms with Crippen molar-refractivity contribution in [2.24, 2.45) is 0 Å². The zero-order chi connectivity index (χ0) is 19.4. The highest BCUT2D eigenvalue weighted by Gasteiger charge is 2.21. The molecule has 2 aromatic carbocycles. The minimum absolute atomic E-state index is 0.121. The van der Waals surface area contributed by atoms with E-state index < -0.39 is 17.0 Å². The molecule has 27 heavy (non-hydrogen) atoms. The van der Waals surface area contributed by atoms with Gasteiger partial charge in [0.05, 0.1) is 10.5 Å². The molecular weight excluding hydrogens is 348 g/mol. The van der Waals surface area contributed by atoms with Gasteiger partial charge in [0.2, 0.25) is 5.78 Å². The number of aromatic amines is 1. The second-order valence-electron chi connectivity index (χ2n) is 5.84. The van der Waals surface area contributed by atoms with Gasteiger partial charge in [-0.2, -0.15) is 0 Å². The molecule has 0 saturated carbocycles. The monoisotopic (exact) mass is 364 g/mol. The van der Waals surface area contributed by atoms with Crippen molar-refractivity contribution in [2.45, 2.75) is 13.0 Å². The van der Waals surface area contributed by atoms with Gasteiger partial charge < -0.3 is 9.72 Å². The molecule has 1 N–H and O–H groups in total. The van der Waals surface area contributed by atoms with Crippen molar-refractivity contribution in [2.75, 3.05) is 0 Å². The van der Waals surface area contributed by atoms with E-state index in [1.165, 1.54) is 31.2 Å². The zero-order valence-corrected chi connectivity index (χ0v) is 14.4. The Morgan fingerprint density at radius 2 is 1.85 bits per heavy atom. The third-order valence-corrected chi connectivity index (χ3v) is 4.05. The van der Waals surface area contributed by atoms with E-state index in [0.29, 0.717) is 5.56 Å². The van der Waals surface area contributed by atoms with Gasteiger partial charge in [-0.05, 0) is 25.1 Å². The molecule has 3 aromatic rings. The molecule has 0 radical (unpaired) electrons. The van der Waals surface area contributed by atoms with Gasteiger partial charge in [-0.3, -0.25) is 14.9 Å². The average molecular weight is 364 g/mol. The van der Waals surface area contributed by atoms with Crippen molar-refractivity contribution in [1.82, 2.24) is 4.98 Å². The van der Waals surface area contributed by atoms with Crippen LogP contribution in [0.25, 0.3) is 17.0 Å². The molecule has 136 valence electrons. The molecule has 0 bridgehead atoms.